The molecule has 0 fully saturated rings. The van der Waals surface area contributed by atoms with Gasteiger partial charge in [0.05, 0.1) is 0 Å². The number of ketones is 2. The van der Waals surface area contributed by atoms with Gasteiger partial charge in [-0.1, -0.05) is 18.5 Å². The van der Waals surface area contributed by atoms with Crippen molar-refractivity contribution >= 4 is 24.0 Å². The van der Waals surface area contributed by atoms with Crippen molar-refractivity contribution in [1.29, 1.82) is 10.8 Å². The maximum absolute atomic E-state index is 12.1. The molecule has 0 unspecified atom stereocenters. The standard InChI is InChI=1S/C9H9NO2.2C7H5FN.2ClH.Fe/c1-6(11)8-4-3-5-9(10-8)7(2)12;2*8-7-3-1-6(5-9)2-4-7;;;/h3-5H,1-2H3;2*1,3-5,9H;2*1H;/q;2*-1;;;+4/p-2. The Bertz CT molecular complexity index is 940. The van der Waals surface area contributed by atoms with E-state index in [4.69, 9.17) is 10.8 Å². The van der Waals surface area contributed by atoms with Crippen LogP contribution in [0.15, 0.2) is 54.6 Å². The molecule has 0 aliphatic rings. The number of rotatable bonds is 4. The van der Waals surface area contributed by atoms with E-state index in [-0.39, 0.29) is 65.1 Å². The Kier molecular flexibility index (Phi) is 19.8. The number of aromatic nitrogens is 1. The normalized spacial score (nSPS) is 8.36. The molecule has 0 saturated heterocycles. The second-order valence-electron chi connectivity index (χ2n) is 5.73. The predicted molar refractivity (Wildman–Crippen MR) is 110 cm³/mol. The van der Waals surface area contributed by atoms with Crippen LogP contribution in [-0.4, -0.2) is 29.0 Å². The van der Waals surface area contributed by atoms with Crippen molar-refractivity contribution in [3.8, 4) is 0 Å². The first kappa shape index (κ1) is 34.8. The minimum Gasteiger partial charge on any atom is -1.00 e. The Morgan fingerprint density at radius 1 is 0.788 bits per heavy atom. The van der Waals surface area contributed by atoms with Crippen LogP contribution in [0.3, 0.4) is 0 Å². The molecule has 3 aromatic rings. The van der Waals surface area contributed by atoms with Gasteiger partial charge in [0.1, 0.15) is 11.4 Å². The molecular formula is C23H19Cl2F2FeN3O2. The van der Waals surface area contributed by atoms with Gasteiger partial charge in [0.25, 0.3) is 0 Å². The third kappa shape index (κ3) is 14.1. The average Bonchev–Trinajstić information content (AvgIpc) is 2.76. The van der Waals surface area contributed by atoms with E-state index in [2.05, 4.69) is 17.1 Å². The van der Waals surface area contributed by atoms with Crippen molar-refractivity contribution < 1.29 is 60.3 Å². The summed E-state index contributed by atoms with van der Waals surface area (Å²) in [5.74, 6) is -0.891. The Balaban J connectivity index is -0.000000396. The fourth-order valence-electron chi connectivity index (χ4n) is 1.84. The number of nitrogens with zero attached hydrogens (tertiary/aromatic N) is 1. The van der Waals surface area contributed by atoms with Crippen molar-refractivity contribution in [2.24, 2.45) is 0 Å². The van der Waals surface area contributed by atoms with Gasteiger partial charge in [-0.05, 0) is 12.1 Å². The van der Waals surface area contributed by atoms with Crippen LogP contribution in [0.4, 0.5) is 8.78 Å². The zero-order valence-corrected chi connectivity index (χ0v) is 20.1. The van der Waals surface area contributed by atoms with E-state index in [1.807, 2.05) is 0 Å². The van der Waals surface area contributed by atoms with Crippen LogP contribution in [0.2, 0.25) is 0 Å². The van der Waals surface area contributed by atoms with Gasteiger partial charge in [-0.25, -0.2) is 4.98 Å². The molecule has 0 saturated carbocycles. The van der Waals surface area contributed by atoms with Gasteiger partial charge < -0.3 is 35.6 Å². The Morgan fingerprint density at radius 2 is 1.15 bits per heavy atom. The van der Waals surface area contributed by atoms with Crippen LogP contribution in [0, 0.1) is 34.6 Å². The summed E-state index contributed by atoms with van der Waals surface area (Å²) in [7, 11) is 0. The summed E-state index contributed by atoms with van der Waals surface area (Å²) >= 11 is 0. The average molecular weight is 534 g/mol. The molecular weight excluding hydrogens is 515 g/mol. The van der Waals surface area contributed by atoms with E-state index in [0.717, 1.165) is 12.4 Å². The molecule has 0 aliphatic heterocycles. The van der Waals surface area contributed by atoms with Crippen molar-refractivity contribution in [2.45, 2.75) is 13.8 Å². The topological polar surface area (TPSA) is 94.7 Å². The van der Waals surface area contributed by atoms with E-state index < -0.39 is 0 Å². The molecule has 0 spiro atoms. The molecule has 0 atom stereocenters. The summed E-state index contributed by atoms with van der Waals surface area (Å²) in [6, 6.07) is 18.0. The second kappa shape index (κ2) is 18.8. The van der Waals surface area contributed by atoms with Crippen LogP contribution in [-0.2, 0) is 17.1 Å². The van der Waals surface area contributed by atoms with Crippen molar-refractivity contribution in [3.05, 3.63) is 101 Å². The monoisotopic (exact) mass is 533 g/mol. The van der Waals surface area contributed by atoms with Crippen LogP contribution in [0.5, 0.6) is 0 Å². The van der Waals surface area contributed by atoms with Gasteiger partial charge in [-0.15, -0.1) is 59.7 Å². The SMILES string of the molecule is CC(=O)c1cccc(C(C)=O)n1.N=Cc1[c-]cc(F)cc1.N=Cc1[c-]cc(F)cc1.[Cl-].[Cl-].[Fe+4]. The number of carbonyl (C=O) groups excluding carboxylic acids is 2. The molecule has 2 N–H and O–H groups in total. The molecule has 3 rings (SSSR count). The first-order valence-corrected chi connectivity index (χ1v) is 8.61. The molecule has 0 radical (unpaired) electrons. The third-order valence-corrected chi connectivity index (χ3v) is 3.38. The van der Waals surface area contributed by atoms with E-state index in [9.17, 15) is 18.4 Å². The molecule has 174 valence electrons. The van der Waals surface area contributed by atoms with Gasteiger partial charge in [0.2, 0.25) is 0 Å². The molecule has 0 amide bonds. The quantitative estimate of drug-likeness (QED) is 0.190. The number of hydrogen-bond acceptors (Lipinski definition) is 5. The van der Waals surface area contributed by atoms with Crippen molar-refractivity contribution in [2.75, 3.05) is 0 Å². The molecule has 10 heteroatoms. The molecule has 33 heavy (non-hydrogen) atoms. The molecule has 0 bridgehead atoms. The van der Waals surface area contributed by atoms with Crippen LogP contribution in [0.1, 0.15) is 46.0 Å². The maximum Gasteiger partial charge on any atom is 4.00 e. The van der Waals surface area contributed by atoms with Gasteiger partial charge >= 0.3 is 17.1 Å². The molecule has 2 aromatic carbocycles. The van der Waals surface area contributed by atoms with Crippen molar-refractivity contribution in [3.63, 3.8) is 0 Å². The predicted octanol–water partition coefficient (Wildman–Crippen LogP) is -1.26. The molecule has 5 nitrogen and oxygen atoms in total. The maximum atomic E-state index is 12.1. The Morgan fingerprint density at radius 3 is 1.39 bits per heavy atom. The van der Waals surface area contributed by atoms with Crippen molar-refractivity contribution in [1.82, 2.24) is 4.98 Å². The minimum atomic E-state index is -0.319. The summed E-state index contributed by atoms with van der Waals surface area (Å²) in [6.45, 7) is 2.85. The van der Waals surface area contributed by atoms with Crippen LogP contribution in [0.25, 0.3) is 0 Å². The van der Waals surface area contributed by atoms with Gasteiger partial charge in [-0.2, -0.15) is 0 Å². The number of hydrogen-bond donors (Lipinski definition) is 2. The molecule has 1 heterocycles. The summed E-state index contributed by atoms with van der Waals surface area (Å²) in [6.07, 6.45) is 2.25. The van der Waals surface area contributed by atoms with E-state index in [1.165, 1.54) is 50.2 Å². The van der Waals surface area contributed by atoms with E-state index >= 15 is 0 Å². The van der Waals surface area contributed by atoms with Gasteiger partial charge in [0.15, 0.2) is 11.6 Å². The Hall–Kier alpha value is -2.77. The first-order valence-electron chi connectivity index (χ1n) is 8.61. The summed E-state index contributed by atoms with van der Waals surface area (Å²) < 4.78 is 24.2. The van der Waals surface area contributed by atoms with Crippen LogP contribution >= 0.6 is 0 Å². The minimum absolute atomic E-state index is 0. The smallest absolute Gasteiger partial charge is 1.00 e. The summed E-state index contributed by atoms with van der Waals surface area (Å²) in [4.78, 5) is 25.6. The zero-order chi connectivity index (χ0) is 22.5. The fraction of sp³-hybridized carbons (Fsp3) is 0.0870. The Labute approximate surface area is 214 Å². The van der Waals surface area contributed by atoms with Gasteiger partial charge in [0, 0.05) is 25.5 Å². The van der Waals surface area contributed by atoms with Crippen LogP contribution < -0.4 is 24.8 Å². The van der Waals surface area contributed by atoms with E-state index in [1.54, 1.807) is 18.2 Å². The number of benzene rings is 2. The van der Waals surface area contributed by atoms with E-state index in [0.29, 0.717) is 22.5 Å². The second-order valence-corrected chi connectivity index (χ2v) is 5.73. The number of carbonyl (C=O) groups is 2. The molecule has 0 aliphatic carbocycles. The number of pyridine rings is 1. The number of nitrogens with one attached hydrogen (secondary N) is 2. The first-order chi connectivity index (χ1) is 14.3. The number of halogens is 4. The largest absolute Gasteiger partial charge is 4.00 e. The summed E-state index contributed by atoms with van der Waals surface area (Å²) in [5.41, 5.74) is 1.86. The number of Topliss-reactive ketones (excluding diaryl/α,β-unsaturated/α-hetero) is 2. The zero-order valence-electron chi connectivity index (χ0n) is 17.5. The third-order valence-electron chi connectivity index (χ3n) is 3.38. The fourth-order valence-corrected chi connectivity index (χ4v) is 1.84. The molecule has 1 aromatic heterocycles. The van der Waals surface area contributed by atoms with Gasteiger partial charge in [-0.3, -0.25) is 18.4 Å². The summed E-state index contributed by atoms with van der Waals surface area (Å²) in [5, 5.41) is 13.5.